The minimum absolute atomic E-state index is 0.110. The number of thioether (sulfide) groups is 1. The van der Waals surface area contributed by atoms with E-state index in [9.17, 15) is 4.79 Å². The van der Waals surface area contributed by atoms with Crippen LogP contribution in [0, 0.1) is 0 Å². The second-order valence-corrected chi connectivity index (χ2v) is 5.41. The fourth-order valence-electron chi connectivity index (χ4n) is 1.14. The monoisotopic (exact) mass is 245 g/mol. The topological polar surface area (TPSA) is 39.2 Å². The average Bonchev–Trinajstić information content (AvgIpc) is 2.75. The lowest BCUT2D eigenvalue weighted by molar-refractivity contribution is -0.140. The van der Waals surface area contributed by atoms with Gasteiger partial charge in [-0.3, -0.25) is 4.79 Å². The summed E-state index contributed by atoms with van der Waals surface area (Å²) in [4.78, 5) is 15.6. The summed E-state index contributed by atoms with van der Waals surface area (Å²) in [5.74, 6) is -0.149. The minimum atomic E-state index is -0.149. The lowest BCUT2D eigenvalue weighted by Crippen LogP contribution is -2.18. The molecular formula is C10H15NO2S2. The van der Waals surface area contributed by atoms with Crippen molar-refractivity contribution in [1.82, 2.24) is 4.98 Å². The molecule has 15 heavy (non-hydrogen) atoms. The van der Waals surface area contributed by atoms with Gasteiger partial charge in [0.2, 0.25) is 0 Å². The normalized spacial score (nSPS) is 12.4. The van der Waals surface area contributed by atoms with Crippen LogP contribution in [0.2, 0.25) is 0 Å². The summed E-state index contributed by atoms with van der Waals surface area (Å²) in [6.45, 7) is 2.11. The van der Waals surface area contributed by atoms with Gasteiger partial charge < -0.3 is 4.74 Å². The smallest absolute Gasteiger partial charge is 0.319 e. The van der Waals surface area contributed by atoms with Gasteiger partial charge in [0, 0.05) is 11.6 Å². The Morgan fingerprint density at radius 3 is 3.07 bits per heavy atom. The minimum Gasteiger partial charge on any atom is -0.468 e. The first-order valence-electron chi connectivity index (χ1n) is 4.92. The molecule has 1 heterocycles. The number of unbranched alkanes of at least 4 members (excludes halogenated alkanes) is 1. The zero-order valence-electron chi connectivity index (χ0n) is 8.93. The van der Waals surface area contributed by atoms with E-state index in [2.05, 4.69) is 11.9 Å². The molecule has 0 aliphatic carbocycles. The molecule has 3 nitrogen and oxygen atoms in total. The van der Waals surface area contributed by atoms with E-state index >= 15 is 0 Å². The Morgan fingerprint density at radius 2 is 2.53 bits per heavy atom. The molecule has 0 saturated heterocycles. The summed E-state index contributed by atoms with van der Waals surface area (Å²) < 4.78 is 5.71. The lowest BCUT2D eigenvalue weighted by Gasteiger charge is -2.11. The van der Waals surface area contributed by atoms with E-state index < -0.39 is 0 Å². The molecule has 0 spiro atoms. The van der Waals surface area contributed by atoms with E-state index in [0.29, 0.717) is 0 Å². The molecule has 0 saturated carbocycles. The van der Waals surface area contributed by atoms with Crippen LogP contribution >= 0.6 is 23.1 Å². The SMILES string of the molecule is CCCCC(Sc1nccs1)C(=O)OC. The molecule has 1 aromatic rings. The summed E-state index contributed by atoms with van der Waals surface area (Å²) in [7, 11) is 1.43. The molecule has 1 atom stereocenters. The van der Waals surface area contributed by atoms with Gasteiger partial charge in [-0.1, -0.05) is 31.5 Å². The molecule has 0 amide bonds. The highest BCUT2D eigenvalue weighted by Crippen LogP contribution is 2.28. The molecule has 1 unspecified atom stereocenters. The van der Waals surface area contributed by atoms with Crippen LogP contribution in [0.15, 0.2) is 15.9 Å². The number of hydrogen-bond acceptors (Lipinski definition) is 5. The molecule has 5 heteroatoms. The Balaban J connectivity index is 2.52. The van der Waals surface area contributed by atoms with Crippen LogP contribution in [0.25, 0.3) is 0 Å². The number of nitrogens with zero attached hydrogens (tertiary/aromatic N) is 1. The van der Waals surface area contributed by atoms with Crippen molar-refractivity contribution >= 4 is 29.1 Å². The van der Waals surface area contributed by atoms with Gasteiger partial charge in [-0.05, 0) is 6.42 Å². The van der Waals surface area contributed by atoms with Crippen LogP contribution in [0.1, 0.15) is 26.2 Å². The quantitative estimate of drug-likeness (QED) is 0.570. The van der Waals surface area contributed by atoms with Crippen LogP contribution < -0.4 is 0 Å². The third-order valence-electron chi connectivity index (χ3n) is 1.94. The Morgan fingerprint density at radius 1 is 1.73 bits per heavy atom. The standard InChI is InChI=1S/C10H15NO2S2/c1-3-4-5-8(9(12)13-2)15-10-11-6-7-14-10/h6-8H,3-5H2,1-2H3. The van der Waals surface area contributed by atoms with Gasteiger partial charge in [-0.25, -0.2) is 4.98 Å². The fraction of sp³-hybridized carbons (Fsp3) is 0.600. The molecule has 0 aromatic carbocycles. The Labute approximate surface area is 98.2 Å². The van der Waals surface area contributed by atoms with Gasteiger partial charge in [0.05, 0.1) is 7.11 Å². The van der Waals surface area contributed by atoms with Crippen molar-refractivity contribution in [3.05, 3.63) is 11.6 Å². The van der Waals surface area contributed by atoms with Gasteiger partial charge in [-0.15, -0.1) is 11.3 Å². The molecular weight excluding hydrogens is 230 g/mol. The first-order valence-corrected chi connectivity index (χ1v) is 6.67. The second-order valence-electron chi connectivity index (χ2n) is 3.07. The zero-order chi connectivity index (χ0) is 11.1. The number of rotatable bonds is 6. The first kappa shape index (κ1) is 12.5. The van der Waals surface area contributed by atoms with Crippen LogP contribution in [-0.2, 0) is 9.53 Å². The molecule has 0 aliphatic rings. The first-order chi connectivity index (χ1) is 7.27. The summed E-state index contributed by atoms with van der Waals surface area (Å²) in [5.41, 5.74) is 0. The Bertz CT molecular complexity index is 288. The van der Waals surface area contributed by atoms with Crippen molar-refractivity contribution in [3.63, 3.8) is 0 Å². The number of carbonyl (C=O) groups excluding carboxylic acids is 1. The Hall–Kier alpha value is -0.550. The van der Waals surface area contributed by atoms with E-state index in [1.165, 1.54) is 18.9 Å². The molecule has 1 aromatic heterocycles. The van der Waals surface area contributed by atoms with Gasteiger partial charge in [0.25, 0.3) is 0 Å². The van der Waals surface area contributed by atoms with Gasteiger partial charge >= 0.3 is 5.97 Å². The average molecular weight is 245 g/mol. The third-order valence-corrected chi connectivity index (χ3v) is 4.10. The second kappa shape index (κ2) is 6.85. The van der Waals surface area contributed by atoms with E-state index in [-0.39, 0.29) is 11.2 Å². The number of aromatic nitrogens is 1. The van der Waals surface area contributed by atoms with Crippen LogP contribution in [0.5, 0.6) is 0 Å². The molecule has 0 aliphatic heterocycles. The summed E-state index contributed by atoms with van der Waals surface area (Å²) in [5, 5.41) is 1.80. The molecule has 1 rings (SSSR count). The maximum Gasteiger partial charge on any atom is 0.319 e. The number of ether oxygens (including phenoxy) is 1. The largest absolute Gasteiger partial charge is 0.468 e. The van der Waals surface area contributed by atoms with Crippen molar-refractivity contribution in [2.45, 2.75) is 35.8 Å². The number of methoxy groups -OCH3 is 1. The van der Waals surface area contributed by atoms with E-state index in [0.717, 1.165) is 23.6 Å². The highest BCUT2D eigenvalue weighted by molar-refractivity contribution is 8.02. The summed E-state index contributed by atoms with van der Waals surface area (Å²) >= 11 is 3.06. The lowest BCUT2D eigenvalue weighted by atomic mass is 10.2. The number of hydrogen-bond donors (Lipinski definition) is 0. The van der Waals surface area contributed by atoms with Crippen molar-refractivity contribution < 1.29 is 9.53 Å². The van der Waals surface area contributed by atoms with Crippen LogP contribution in [-0.4, -0.2) is 23.3 Å². The van der Waals surface area contributed by atoms with E-state index in [1.54, 1.807) is 17.5 Å². The van der Waals surface area contributed by atoms with Crippen molar-refractivity contribution in [1.29, 1.82) is 0 Å². The Kier molecular flexibility index (Phi) is 5.71. The van der Waals surface area contributed by atoms with Crippen LogP contribution in [0.3, 0.4) is 0 Å². The maximum absolute atomic E-state index is 11.5. The van der Waals surface area contributed by atoms with E-state index in [4.69, 9.17) is 4.74 Å². The van der Waals surface area contributed by atoms with Gasteiger partial charge in [0.15, 0.2) is 4.34 Å². The third kappa shape index (κ3) is 4.22. The predicted molar refractivity (Wildman–Crippen MR) is 63.3 cm³/mol. The number of thiazole rings is 1. The van der Waals surface area contributed by atoms with E-state index in [1.807, 2.05) is 5.38 Å². The molecule has 0 radical (unpaired) electrons. The number of carbonyl (C=O) groups is 1. The van der Waals surface area contributed by atoms with Crippen molar-refractivity contribution in [2.75, 3.05) is 7.11 Å². The molecule has 84 valence electrons. The molecule has 0 fully saturated rings. The highest BCUT2D eigenvalue weighted by atomic mass is 32.2. The zero-order valence-corrected chi connectivity index (χ0v) is 10.6. The fourth-order valence-corrected chi connectivity index (χ4v) is 3.08. The van der Waals surface area contributed by atoms with Gasteiger partial charge in [0.1, 0.15) is 5.25 Å². The molecule has 0 N–H and O–H groups in total. The maximum atomic E-state index is 11.5. The van der Waals surface area contributed by atoms with Crippen LogP contribution in [0.4, 0.5) is 0 Å². The predicted octanol–water partition coefficient (Wildman–Crippen LogP) is 2.97. The highest BCUT2D eigenvalue weighted by Gasteiger charge is 2.20. The van der Waals surface area contributed by atoms with Gasteiger partial charge in [-0.2, -0.15) is 0 Å². The van der Waals surface area contributed by atoms with Crippen molar-refractivity contribution in [2.24, 2.45) is 0 Å². The summed E-state index contributed by atoms with van der Waals surface area (Å²) in [6.07, 6.45) is 4.73. The van der Waals surface area contributed by atoms with Crippen molar-refractivity contribution in [3.8, 4) is 0 Å². The molecule has 0 bridgehead atoms. The summed E-state index contributed by atoms with van der Waals surface area (Å²) in [6, 6.07) is 0. The number of esters is 1.